The molecule has 0 saturated heterocycles. The largest absolute Gasteiger partial charge is 0.445 e. The number of primary amides is 1. The number of benzene rings is 3. The number of anilines is 2. The Labute approximate surface area is 499 Å². The molecule has 2 aliphatic heterocycles. The van der Waals surface area contributed by atoms with Gasteiger partial charge in [-0.25, -0.2) is 14.6 Å². The smallest absolute Gasteiger partial charge is 0.408 e. The van der Waals surface area contributed by atoms with E-state index < -0.39 is 53.9 Å². The van der Waals surface area contributed by atoms with E-state index in [0.717, 1.165) is 23.3 Å². The lowest BCUT2D eigenvalue weighted by molar-refractivity contribution is -0.137. The number of carbonyl (C=O) groups is 10. The van der Waals surface area contributed by atoms with Crippen LogP contribution in [0.25, 0.3) is 6.08 Å². The topological polar surface area (TPSA) is 348 Å². The van der Waals surface area contributed by atoms with E-state index in [2.05, 4.69) is 47.2 Å². The van der Waals surface area contributed by atoms with Crippen molar-refractivity contribution in [3.8, 4) is 0 Å². The van der Waals surface area contributed by atoms with Crippen molar-refractivity contribution in [3.63, 3.8) is 0 Å². The number of pyridine rings is 1. The third kappa shape index (κ3) is 20.6. The second-order valence-electron chi connectivity index (χ2n) is 21.2. The molecule has 3 aromatic carbocycles. The molecule has 24 heteroatoms. The molecule has 456 valence electrons. The van der Waals surface area contributed by atoms with Crippen LogP contribution in [0.15, 0.2) is 114 Å². The Morgan fingerprint density at radius 3 is 2.13 bits per heavy atom. The Bertz CT molecular complexity index is 3160. The van der Waals surface area contributed by atoms with Gasteiger partial charge in [-0.2, -0.15) is 0 Å². The number of urea groups is 1. The number of amides is 11. The van der Waals surface area contributed by atoms with Crippen molar-refractivity contribution in [1.82, 2.24) is 41.4 Å². The molecule has 0 fully saturated rings. The van der Waals surface area contributed by atoms with Crippen LogP contribution in [0, 0.1) is 5.92 Å². The summed E-state index contributed by atoms with van der Waals surface area (Å²) in [6.45, 7) is 8.93. The molecule has 24 nitrogen and oxygen atoms in total. The summed E-state index contributed by atoms with van der Waals surface area (Å²) >= 11 is 0. The van der Waals surface area contributed by atoms with Gasteiger partial charge in [0.05, 0.1) is 17.6 Å². The summed E-state index contributed by atoms with van der Waals surface area (Å²) in [6.07, 6.45) is 10.2. The predicted molar refractivity (Wildman–Crippen MR) is 324 cm³/mol. The van der Waals surface area contributed by atoms with Crippen molar-refractivity contribution in [2.75, 3.05) is 36.8 Å². The van der Waals surface area contributed by atoms with Gasteiger partial charge in [-0.3, -0.25) is 48.2 Å². The lowest BCUT2D eigenvalue weighted by Gasteiger charge is -2.25. The zero-order valence-corrected chi connectivity index (χ0v) is 48.9. The number of amidine groups is 1. The molecule has 11 amide bonds. The first-order valence-corrected chi connectivity index (χ1v) is 28.8. The van der Waals surface area contributed by atoms with Crippen LogP contribution >= 0.6 is 0 Å². The van der Waals surface area contributed by atoms with Crippen molar-refractivity contribution in [3.05, 3.63) is 137 Å². The van der Waals surface area contributed by atoms with Crippen LogP contribution < -0.4 is 48.7 Å². The predicted octanol–water partition coefficient (Wildman–Crippen LogP) is 5.41. The zero-order chi connectivity index (χ0) is 62.1. The Morgan fingerprint density at radius 2 is 1.44 bits per heavy atom. The molecular weight excluding hydrogens is 1100 g/mol. The van der Waals surface area contributed by atoms with E-state index in [0.29, 0.717) is 77.2 Å². The highest BCUT2D eigenvalue weighted by atomic mass is 16.5. The molecule has 4 aromatic rings. The Hall–Kier alpha value is -9.74. The number of hydrogen-bond acceptors (Lipinski definition) is 14. The minimum atomic E-state index is -1.10. The molecule has 1 unspecified atom stereocenters. The van der Waals surface area contributed by atoms with Gasteiger partial charge >= 0.3 is 12.1 Å². The molecule has 0 radical (unpaired) electrons. The quantitative estimate of drug-likeness (QED) is 0.0225. The summed E-state index contributed by atoms with van der Waals surface area (Å²) in [4.78, 5) is 141. The van der Waals surface area contributed by atoms with Gasteiger partial charge in [0, 0.05) is 92.7 Å². The van der Waals surface area contributed by atoms with Crippen LogP contribution in [0.1, 0.15) is 118 Å². The van der Waals surface area contributed by atoms with E-state index >= 15 is 0 Å². The fraction of sp³-hybridized carbons (Fsp3) is 0.387. The molecule has 0 bridgehead atoms. The van der Waals surface area contributed by atoms with Crippen molar-refractivity contribution in [2.24, 2.45) is 22.4 Å². The van der Waals surface area contributed by atoms with Gasteiger partial charge in [-0.15, -0.1) is 0 Å². The molecule has 11 N–H and O–H groups in total. The number of fused-ring (bicyclic) bond motifs is 1. The number of aliphatic imine (C=N–C) groups is 1. The lowest BCUT2D eigenvalue weighted by Crippen LogP contribution is -2.54. The minimum Gasteiger partial charge on any atom is -0.445 e. The van der Waals surface area contributed by atoms with Crippen LogP contribution in [0.4, 0.5) is 26.7 Å². The summed E-state index contributed by atoms with van der Waals surface area (Å²) in [5.74, 6) is -3.48. The number of imide groups is 1. The van der Waals surface area contributed by atoms with Gasteiger partial charge in [0.15, 0.2) is 0 Å². The van der Waals surface area contributed by atoms with E-state index in [1.165, 1.54) is 24.5 Å². The molecule has 0 saturated carbocycles. The highest BCUT2D eigenvalue weighted by Crippen LogP contribution is 2.29. The zero-order valence-electron chi connectivity index (χ0n) is 48.9. The normalized spacial score (nSPS) is 13.6. The highest BCUT2D eigenvalue weighted by Gasteiger charge is 2.30. The van der Waals surface area contributed by atoms with Gasteiger partial charge in [-0.05, 0) is 97.5 Å². The number of aromatic nitrogens is 1. The maximum atomic E-state index is 13.8. The van der Waals surface area contributed by atoms with E-state index in [-0.39, 0.29) is 93.7 Å². The molecule has 2 aliphatic rings. The number of nitrogens with two attached hydrogens (primary N) is 2. The molecule has 86 heavy (non-hydrogen) atoms. The van der Waals surface area contributed by atoms with E-state index in [1.807, 2.05) is 49.1 Å². The minimum absolute atomic E-state index is 0.0116. The summed E-state index contributed by atoms with van der Waals surface area (Å²) in [5, 5.41) is 19.1. The summed E-state index contributed by atoms with van der Waals surface area (Å²) in [7, 11) is 0. The number of rotatable bonds is 31. The van der Waals surface area contributed by atoms with E-state index in [9.17, 15) is 47.9 Å². The number of unbranched alkanes of at least 4 members (excludes halogenated alkanes) is 2. The second-order valence-corrected chi connectivity index (χ2v) is 21.2. The van der Waals surface area contributed by atoms with Crippen molar-refractivity contribution in [2.45, 2.75) is 123 Å². The summed E-state index contributed by atoms with van der Waals surface area (Å²) in [6, 6.07) is 18.2. The number of hydrogen-bond donors (Lipinski definition) is 9. The lowest BCUT2D eigenvalue weighted by atomic mass is 10.0. The monoisotopic (exact) mass is 1180 g/mol. The van der Waals surface area contributed by atoms with E-state index in [1.54, 1.807) is 68.5 Å². The van der Waals surface area contributed by atoms with Crippen LogP contribution in [-0.2, 0) is 57.9 Å². The third-order valence-electron chi connectivity index (χ3n) is 13.9. The number of alkyl carbamates (subject to hydrolysis) is 1. The Morgan fingerprint density at radius 1 is 0.721 bits per heavy atom. The Kier molecular flexibility index (Phi) is 25.0. The number of carbonyl (C=O) groups excluding carboxylic acids is 10. The number of nitrogens with one attached hydrogen (secondary N) is 7. The summed E-state index contributed by atoms with van der Waals surface area (Å²) < 4.78 is 5.54. The highest BCUT2D eigenvalue weighted by molar-refractivity contribution is 6.13. The molecule has 3 atom stereocenters. The first-order valence-electron chi connectivity index (χ1n) is 28.8. The van der Waals surface area contributed by atoms with Crippen LogP contribution in [0.2, 0.25) is 0 Å². The van der Waals surface area contributed by atoms with Gasteiger partial charge in [-0.1, -0.05) is 82.6 Å². The average Bonchev–Trinajstić information content (AvgIpc) is 3.16. The molecule has 0 spiro atoms. The molecule has 3 heterocycles. The molecule has 0 aliphatic carbocycles. The maximum absolute atomic E-state index is 13.8. The standard InChI is InChI=1S/C62H77N13O11/c1-5-27-74(28-6-2)60(83)45-32-43-20-21-44(33-49(43)70-51(63)34-45)56(79)69-47-30-42(35-65-37-47)36-67-57(80)50(31-40-14-9-7-10-15-40)72-62(85)86-38-41-18-22-46(23-19-41)68-58(81)48(16-13-26-66-61(64)84)71-59(82)55(39(3)4)73-52(76)17-11-8-12-29-75-53(77)24-25-54(75)78/h7,9-10,14-15,18-25,30,32-33,35,37,39,48,50,55H,5-6,8,11-13,16-17,26-29,31,34,36,38H2,1-4H3,(H2,63,70)(H,67,80)(H,68,81)(H,69,79)(H,71,82)(H,72,85)(H,73,76)(H3,64,66,84)/t48?,50-,55-/m0/s1. The van der Waals surface area contributed by atoms with Gasteiger partial charge < -0.3 is 58.3 Å². The number of ether oxygens (including phenoxy) is 1. The molecule has 1 aromatic heterocycles. The van der Waals surface area contributed by atoms with Crippen molar-refractivity contribution >= 4 is 88.4 Å². The first kappa shape index (κ1) is 65.4. The average molecular weight is 1180 g/mol. The van der Waals surface area contributed by atoms with Gasteiger partial charge in [0.2, 0.25) is 29.5 Å². The maximum Gasteiger partial charge on any atom is 0.408 e. The first-order chi connectivity index (χ1) is 41.3. The van der Waals surface area contributed by atoms with E-state index in [4.69, 9.17) is 16.2 Å². The van der Waals surface area contributed by atoms with Crippen LogP contribution in [0.3, 0.4) is 0 Å². The number of nitrogens with zero attached hydrogens (tertiary/aromatic N) is 4. The van der Waals surface area contributed by atoms with Crippen LogP contribution in [0.5, 0.6) is 0 Å². The fourth-order valence-electron chi connectivity index (χ4n) is 9.41. The summed E-state index contributed by atoms with van der Waals surface area (Å²) in [5.41, 5.74) is 16.0. The molecule has 6 rings (SSSR count). The Balaban J connectivity index is 1.01. The molecular formula is C62H77N13O11. The third-order valence-corrected chi connectivity index (χ3v) is 13.9. The SMILES string of the molecule is CCCN(CCC)C(=O)C1=Cc2ccc(C(=O)Nc3cncc(CNC(=O)[C@H](Cc4ccccc4)NC(=O)OCc4ccc(NC(=O)C(CCCNC(N)=O)NC(=O)[C@@H](NC(=O)CCCCCN5C(=O)C=CC5=O)C(C)C)cc4)c3)cc2N=C(N)C1. The van der Waals surface area contributed by atoms with Gasteiger partial charge in [0.25, 0.3) is 17.7 Å². The fourth-order valence-corrected chi connectivity index (χ4v) is 9.41. The second kappa shape index (κ2) is 32.9. The van der Waals surface area contributed by atoms with Crippen LogP contribution in [-0.4, -0.2) is 124 Å². The van der Waals surface area contributed by atoms with Gasteiger partial charge in [0.1, 0.15) is 30.6 Å². The van der Waals surface area contributed by atoms with Crippen molar-refractivity contribution in [1.29, 1.82) is 0 Å². The van der Waals surface area contributed by atoms with Crippen molar-refractivity contribution < 1.29 is 52.7 Å².